The fourth-order valence-electron chi connectivity index (χ4n) is 1.97. The average Bonchev–Trinajstić information content (AvgIpc) is 2.47. The number of nitrogens with two attached hydrogens (primary N) is 1. The minimum Gasteiger partial charge on any atom is -0.368 e. The summed E-state index contributed by atoms with van der Waals surface area (Å²) < 4.78 is 13.7. The predicted molar refractivity (Wildman–Crippen MR) is 76.6 cm³/mol. The molecule has 20 heavy (non-hydrogen) atoms. The fourth-order valence-corrected chi connectivity index (χ4v) is 1.97. The van der Waals surface area contributed by atoms with Gasteiger partial charge in [-0.2, -0.15) is 0 Å². The summed E-state index contributed by atoms with van der Waals surface area (Å²) in [6, 6.07) is 13.6. The molecule has 0 aromatic heterocycles. The summed E-state index contributed by atoms with van der Waals surface area (Å²) in [4.78, 5) is 13.1. The molecule has 0 aliphatic heterocycles. The number of hydrogen-bond donors (Lipinski definition) is 2. The first-order chi connectivity index (χ1) is 9.61. The minimum atomic E-state index is -0.334. The van der Waals surface area contributed by atoms with Crippen LogP contribution in [0.4, 0.5) is 10.1 Å². The van der Waals surface area contributed by atoms with Crippen LogP contribution in [0.25, 0.3) is 0 Å². The molecule has 0 heterocycles. The molecule has 0 unspecified atom stereocenters. The Bertz CT molecular complexity index is 598. The van der Waals surface area contributed by atoms with Gasteiger partial charge in [0.05, 0.1) is 5.69 Å². The zero-order chi connectivity index (χ0) is 14.5. The van der Waals surface area contributed by atoms with E-state index in [-0.39, 0.29) is 11.7 Å². The Morgan fingerprint density at radius 1 is 1.20 bits per heavy atom. The Morgan fingerprint density at radius 2 is 1.85 bits per heavy atom. The molecule has 0 aliphatic carbocycles. The molecular formula is C15H16FN3O. The second kappa shape index (κ2) is 6.16. The highest BCUT2D eigenvalue weighted by atomic mass is 19.1. The molecule has 0 spiro atoms. The number of benzene rings is 2. The largest absolute Gasteiger partial charge is 0.368 e. The Hall–Kier alpha value is -2.40. The molecule has 5 heteroatoms. The van der Waals surface area contributed by atoms with Crippen molar-refractivity contribution >= 4 is 11.6 Å². The Balaban J connectivity index is 2.10. The van der Waals surface area contributed by atoms with Crippen molar-refractivity contribution in [3.63, 3.8) is 0 Å². The predicted octanol–water partition coefficient (Wildman–Crippen LogP) is 2.07. The van der Waals surface area contributed by atoms with Crippen molar-refractivity contribution in [3.8, 4) is 0 Å². The van der Waals surface area contributed by atoms with E-state index in [1.807, 2.05) is 24.1 Å². The maximum absolute atomic E-state index is 13.7. The number of amides is 1. The van der Waals surface area contributed by atoms with E-state index in [9.17, 15) is 9.18 Å². The average molecular weight is 273 g/mol. The number of halogens is 1. The van der Waals surface area contributed by atoms with Gasteiger partial charge >= 0.3 is 0 Å². The highest BCUT2D eigenvalue weighted by Gasteiger charge is 2.08. The van der Waals surface area contributed by atoms with Gasteiger partial charge in [-0.15, -0.1) is 0 Å². The molecule has 0 aliphatic rings. The number of rotatable bonds is 4. The van der Waals surface area contributed by atoms with Crippen molar-refractivity contribution in [1.82, 2.24) is 5.43 Å². The van der Waals surface area contributed by atoms with Gasteiger partial charge < -0.3 is 4.90 Å². The van der Waals surface area contributed by atoms with Crippen LogP contribution in [-0.4, -0.2) is 13.0 Å². The molecule has 4 nitrogen and oxygen atoms in total. The van der Waals surface area contributed by atoms with Gasteiger partial charge in [0.25, 0.3) is 5.91 Å². The molecule has 0 fully saturated rings. The number of carbonyl (C=O) groups is 1. The van der Waals surface area contributed by atoms with Gasteiger partial charge in [-0.3, -0.25) is 10.2 Å². The van der Waals surface area contributed by atoms with Crippen LogP contribution in [0.1, 0.15) is 15.9 Å². The van der Waals surface area contributed by atoms with E-state index in [1.165, 1.54) is 6.07 Å². The van der Waals surface area contributed by atoms with E-state index in [0.717, 1.165) is 5.56 Å². The molecule has 0 atom stereocenters. The van der Waals surface area contributed by atoms with Crippen LogP contribution in [0.15, 0.2) is 48.5 Å². The first kappa shape index (κ1) is 14.0. The number of nitrogens with zero attached hydrogens (tertiary/aromatic N) is 1. The summed E-state index contributed by atoms with van der Waals surface area (Å²) >= 11 is 0. The van der Waals surface area contributed by atoms with E-state index < -0.39 is 0 Å². The van der Waals surface area contributed by atoms with Crippen molar-refractivity contribution in [1.29, 1.82) is 0 Å². The van der Waals surface area contributed by atoms with Gasteiger partial charge in [-0.1, -0.05) is 24.3 Å². The molecule has 2 rings (SSSR count). The maximum atomic E-state index is 13.7. The van der Waals surface area contributed by atoms with Gasteiger partial charge in [0.2, 0.25) is 0 Å². The molecule has 0 bridgehead atoms. The van der Waals surface area contributed by atoms with Crippen LogP contribution in [0.5, 0.6) is 0 Å². The van der Waals surface area contributed by atoms with Gasteiger partial charge in [-0.25, -0.2) is 10.2 Å². The first-order valence-electron chi connectivity index (χ1n) is 6.17. The number of hydrazine groups is 1. The smallest absolute Gasteiger partial charge is 0.265 e. The number of para-hydroxylation sites is 1. The molecule has 0 radical (unpaired) electrons. The lowest BCUT2D eigenvalue weighted by Gasteiger charge is -2.20. The van der Waals surface area contributed by atoms with Crippen LogP contribution >= 0.6 is 0 Å². The summed E-state index contributed by atoms with van der Waals surface area (Å²) in [7, 11) is 1.82. The topological polar surface area (TPSA) is 58.4 Å². The Kier molecular flexibility index (Phi) is 4.32. The van der Waals surface area contributed by atoms with Gasteiger partial charge in [0.1, 0.15) is 5.82 Å². The number of nitrogen functional groups attached to an aromatic ring is 1. The Labute approximate surface area is 117 Å². The van der Waals surface area contributed by atoms with E-state index >= 15 is 0 Å². The fraction of sp³-hybridized carbons (Fsp3) is 0.133. The third kappa shape index (κ3) is 3.13. The standard InChI is InChI=1S/C15H16FN3O/c1-19(14-5-3-2-4-13(14)16)10-11-6-8-12(9-7-11)15(20)18-17/h2-9H,10,17H2,1H3,(H,18,20). The van der Waals surface area contributed by atoms with Crippen molar-refractivity contribution in [2.75, 3.05) is 11.9 Å². The van der Waals surface area contributed by atoms with Crippen LogP contribution in [0, 0.1) is 5.82 Å². The second-order valence-electron chi connectivity index (χ2n) is 4.48. The highest BCUT2D eigenvalue weighted by Crippen LogP contribution is 2.19. The lowest BCUT2D eigenvalue weighted by Crippen LogP contribution is -2.29. The maximum Gasteiger partial charge on any atom is 0.265 e. The lowest BCUT2D eigenvalue weighted by molar-refractivity contribution is 0.0953. The monoisotopic (exact) mass is 273 g/mol. The summed E-state index contributed by atoms with van der Waals surface area (Å²) in [5, 5.41) is 0. The number of hydrogen-bond acceptors (Lipinski definition) is 3. The van der Waals surface area contributed by atoms with Gasteiger partial charge in [0.15, 0.2) is 0 Å². The van der Waals surface area contributed by atoms with E-state index in [0.29, 0.717) is 17.8 Å². The Morgan fingerprint density at radius 3 is 2.45 bits per heavy atom. The minimum absolute atomic E-state index is 0.255. The molecule has 2 aromatic rings. The van der Waals surface area contributed by atoms with Crippen LogP contribution in [-0.2, 0) is 6.54 Å². The molecule has 0 saturated heterocycles. The zero-order valence-corrected chi connectivity index (χ0v) is 11.1. The van der Waals surface area contributed by atoms with Crippen molar-refractivity contribution < 1.29 is 9.18 Å². The lowest BCUT2D eigenvalue weighted by atomic mass is 10.1. The highest BCUT2D eigenvalue weighted by molar-refractivity contribution is 5.93. The molecular weight excluding hydrogens is 257 g/mol. The van der Waals surface area contributed by atoms with Crippen LogP contribution in [0.2, 0.25) is 0 Å². The van der Waals surface area contributed by atoms with E-state index in [1.54, 1.807) is 30.3 Å². The number of anilines is 1. The number of carbonyl (C=O) groups excluding carboxylic acids is 1. The normalized spacial score (nSPS) is 10.2. The first-order valence-corrected chi connectivity index (χ1v) is 6.17. The summed E-state index contributed by atoms with van der Waals surface area (Å²) in [5.41, 5.74) is 4.08. The summed E-state index contributed by atoms with van der Waals surface area (Å²) in [6.45, 7) is 0.547. The third-order valence-corrected chi connectivity index (χ3v) is 3.03. The van der Waals surface area contributed by atoms with E-state index in [4.69, 9.17) is 5.84 Å². The zero-order valence-electron chi connectivity index (χ0n) is 11.1. The van der Waals surface area contributed by atoms with Crippen molar-refractivity contribution in [2.24, 2.45) is 5.84 Å². The van der Waals surface area contributed by atoms with Gasteiger partial charge in [-0.05, 0) is 29.8 Å². The van der Waals surface area contributed by atoms with Gasteiger partial charge in [0, 0.05) is 19.2 Å². The SMILES string of the molecule is CN(Cc1ccc(C(=O)NN)cc1)c1ccccc1F. The van der Waals surface area contributed by atoms with Crippen molar-refractivity contribution in [2.45, 2.75) is 6.54 Å². The summed E-state index contributed by atoms with van der Waals surface area (Å²) in [6.07, 6.45) is 0. The number of nitrogens with one attached hydrogen (secondary N) is 1. The molecule has 2 aromatic carbocycles. The third-order valence-electron chi connectivity index (χ3n) is 3.03. The van der Waals surface area contributed by atoms with Crippen molar-refractivity contribution in [3.05, 3.63) is 65.5 Å². The quantitative estimate of drug-likeness (QED) is 0.509. The molecule has 0 saturated carbocycles. The van der Waals surface area contributed by atoms with Crippen LogP contribution in [0.3, 0.4) is 0 Å². The molecule has 3 N–H and O–H groups in total. The molecule has 104 valence electrons. The van der Waals surface area contributed by atoms with Crippen LogP contribution < -0.4 is 16.2 Å². The second-order valence-corrected chi connectivity index (χ2v) is 4.48. The molecule has 1 amide bonds. The summed E-state index contributed by atoms with van der Waals surface area (Å²) in [5.74, 6) is 4.48. The van der Waals surface area contributed by atoms with E-state index in [2.05, 4.69) is 5.43 Å².